The summed E-state index contributed by atoms with van der Waals surface area (Å²) >= 11 is 0. The van der Waals surface area contributed by atoms with E-state index in [9.17, 15) is 10.1 Å². The second-order valence-corrected chi connectivity index (χ2v) is 10.1. The van der Waals surface area contributed by atoms with Crippen molar-refractivity contribution in [3.63, 3.8) is 0 Å². The molecule has 10 nitrogen and oxygen atoms in total. The minimum atomic E-state index is -0.390. The fourth-order valence-corrected chi connectivity index (χ4v) is 4.87. The van der Waals surface area contributed by atoms with E-state index in [4.69, 9.17) is 26.7 Å². The highest BCUT2D eigenvalue weighted by Crippen LogP contribution is 2.35. The zero-order valence-corrected chi connectivity index (χ0v) is 24.3. The zero-order valence-electron chi connectivity index (χ0n) is 24.3. The number of rotatable bonds is 7. The molecule has 0 aliphatic rings. The third-order valence-corrected chi connectivity index (χ3v) is 7.13. The highest BCUT2D eigenvalue weighted by molar-refractivity contribution is 5.97. The number of aromatic nitrogens is 2. The molecule has 0 spiro atoms. The van der Waals surface area contributed by atoms with Crippen LogP contribution in [0.2, 0.25) is 0 Å². The van der Waals surface area contributed by atoms with E-state index in [2.05, 4.69) is 9.97 Å². The fourth-order valence-electron chi connectivity index (χ4n) is 4.87. The molecule has 0 radical (unpaired) electrons. The van der Waals surface area contributed by atoms with Gasteiger partial charge in [0.25, 0.3) is 5.69 Å². The van der Waals surface area contributed by atoms with E-state index in [0.29, 0.717) is 28.2 Å². The molecule has 6 aromatic rings. The molecule has 2 heterocycles. The van der Waals surface area contributed by atoms with E-state index in [1.54, 1.807) is 36.7 Å². The first-order valence-electron chi connectivity index (χ1n) is 13.9. The Morgan fingerprint density at radius 1 is 0.636 bits per heavy atom. The van der Waals surface area contributed by atoms with Crippen molar-refractivity contribution in [3.05, 3.63) is 131 Å². The number of fused-ring (bicyclic) bond motifs is 2. The summed E-state index contributed by atoms with van der Waals surface area (Å²) in [5.74, 6) is 2.31. The quantitative estimate of drug-likeness (QED) is 0.0978. The molecular weight excluding hydrogens is 556 g/mol. The number of pyridine rings is 2. The van der Waals surface area contributed by atoms with E-state index in [1.165, 1.54) is 6.07 Å². The number of nitro groups is 1. The number of benzene rings is 4. The first-order valence-corrected chi connectivity index (χ1v) is 13.9. The molecule has 2 atom stereocenters. The highest BCUT2D eigenvalue weighted by atomic mass is 16.6. The summed E-state index contributed by atoms with van der Waals surface area (Å²) in [4.78, 5) is 18.7. The third kappa shape index (κ3) is 6.60. The molecule has 222 valence electrons. The van der Waals surface area contributed by atoms with E-state index in [-0.39, 0.29) is 22.8 Å². The lowest BCUT2D eigenvalue weighted by molar-refractivity contribution is -0.383. The summed E-state index contributed by atoms with van der Waals surface area (Å²) in [6, 6.07) is 29.2. The Hall–Kier alpha value is -5.90. The van der Waals surface area contributed by atoms with Gasteiger partial charge in [-0.2, -0.15) is 0 Å². The maximum Gasteiger partial charge on any atom is 0.277 e. The molecule has 2 aromatic heterocycles. The van der Waals surface area contributed by atoms with Crippen LogP contribution in [0.3, 0.4) is 0 Å². The highest BCUT2D eigenvalue weighted by Gasteiger charge is 2.17. The minimum absolute atomic E-state index is 0.0637. The number of anilines is 3. The Bertz CT molecular complexity index is 1950. The Kier molecular flexibility index (Phi) is 8.71. The number of hydrogen-bond acceptors (Lipinski definition) is 9. The number of hydrogen-bond donors (Lipinski definition) is 3. The Balaban J connectivity index is 0.000000175. The van der Waals surface area contributed by atoms with E-state index < -0.39 is 0 Å². The van der Waals surface area contributed by atoms with Crippen molar-refractivity contribution < 1.29 is 14.4 Å². The molecule has 0 bridgehead atoms. The summed E-state index contributed by atoms with van der Waals surface area (Å²) in [5.41, 5.74) is 20.1. The van der Waals surface area contributed by atoms with Crippen LogP contribution in [0, 0.1) is 10.1 Å². The van der Waals surface area contributed by atoms with Gasteiger partial charge in [-0.15, -0.1) is 0 Å². The van der Waals surface area contributed by atoms with Crippen LogP contribution in [0.1, 0.15) is 37.2 Å². The first kappa shape index (κ1) is 29.6. The van der Waals surface area contributed by atoms with Crippen molar-refractivity contribution in [1.29, 1.82) is 0 Å². The van der Waals surface area contributed by atoms with E-state index in [0.717, 1.165) is 33.3 Å². The third-order valence-electron chi connectivity index (χ3n) is 7.13. The first-order chi connectivity index (χ1) is 21.2. The van der Waals surface area contributed by atoms with Gasteiger partial charge >= 0.3 is 0 Å². The van der Waals surface area contributed by atoms with Crippen LogP contribution in [0.5, 0.6) is 11.5 Å². The van der Waals surface area contributed by atoms with Gasteiger partial charge in [-0.05, 0) is 73.5 Å². The molecule has 6 rings (SSSR count). The van der Waals surface area contributed by atoms with Crippen molar-refractivity contribution in [3.8, 4) is 11.5 Å². The van der Waals surface area contributed by atoms with Gasteiger partial charge in [-0.3, -0.25) is 10.1 Å². The second kappa shape index (κ2) is 13.0. The lowest BCUT2D eigenvalue weighted by Gasteiger charge is -2.17. The maximum absolute atomic E-state index is 11.2. The van der Waals surface area contributed by atoms with Crippen LogP contribution in [0.4, 0.5) is 23.0 Å². The molecule has 0 aliphatic carbocycles. The Morgan fingerprint density at radius 2 is 1.09 bits per heavy atom. The molecule has 44 heavy (non-hydrogen) atoms. The number of nitro benzene ring substituents is 1. The molecule has 2 unspecified atom stereocenters. The predicted octanol–water partition coefficient (Wildman–Crippen LogP) is 7.40. The van der Waals surface area contributed by atoms with Crippen LogP contribution >= 0.6 is 0 Å². The standard InChI is InChI=1S/C17H15N3O3.C17H17N3O/c1-11(12-8-9-19-17(18)10-12)23-16-7-6-15(20(21)22)13-4-2-3-5-14(13)16;1-11(12-8-9-20-17(19)10-12)21-16-7-6-15(18)13-4-2-3-5-14(13)16/h2-11H,1H3,(H2,18,19);2-11H,18H2,1H3,(H2,19,20). The number of nitrogens with two attached hydrogens (primary N) is 3. The SMILES string of the molecule is CC(Oc1ccc(N)c2ccccc12)c1ccnc(N)c1.CC(Oc1ccc([N+](=O)[O-])c2ccccc12)c1ccnc(N)c1. The molecule has 0 saturated heterocycles. The van der Waals surface area contributed by atoms with E-state index in [1.807, 2.05) is 80.6 Å². The summed E-state index contributed by atoms with van der Waals surface area (Å²) < 4.78 is 12.1. The number of non-ortho nitro benzene ring substituents is 1. The molecule has 6 N–H and O–H groups in total. The second-order valence-electron chi connectivity index (χ2n) is 10.1. The smallest absolute Gasteiger partial charge is 0.277 e. The average molecular weight is 589 g/mol. The number of nitrogen functional groups attached to an aromatic ring is 3. The van der Waals surface area contributed by atoms with Crippen molar-refractivity contribution in [1.82, 2.24) is 9.97 Å². The molecule has 0 saturated carbocycles. The van der Waals surface area contributed by atoms with Crippen LogP contribution in [-0.2, 0) is 0 Å². The average Bonchev–Trinajstić information content (AvgIpc) is 3.03. The Labute approximate surface area is 254 Å². The molecule has 0 amide bonds. The molecule has 0 fully saturated rings. The van der Waals surface area contributed by atoms with Gasteiger partial charge in [0.1, 0.15) is 35.3 Å². The van der Waals surface area contributed by atoms with Crippen LogP contribution in [0.15, 0.2) is 109 Å². The summed E-state index contributed by atoms with van der Waals surface area (Å²) in [6.45, 7) is 3.88. The maximum atomic E-state index is 11.2. The van der Waals surface area contributed by atoms with Crippen LogP contribution < -0.4 is 26.7 Å². The molecule has 0 aliphatic heterocycles. The van der Waals surface area contributed by atoms with Gasteiger partial charge in [0.05, 0.1) is 10.3 Å². The molecule has 4 aromatic carbocycles. The monoisotopic (exact) mass is 588 g/mol. The lowest BCUT2D eigenvalue weighted by atomic mass is 10.1. The summed E-state index contributed by atoms with van der Waals surface area (Å²) in [5, 5.41) is 14.4. The van der Waals surface area contributed by atoms with Gasteiger partial charge in [0, 0.05) is 40.3 Å². The predicted molar refractivity (Wildman–Crippen MR) is 174 cm³/mol. The summed E-state index contributed by atoms with van der Waals surface area (Å²) in [6.07, 6.45) is 2.93. The van der Waals surface area contributed by atoms with Crippen molar-refractivity contribution in [2.45, 2.75) is 26.1 Å². The Morgan fingerprint density at radius 3 is 1.59 bits per heavy atom. The molecule has 10 heteroatoms. The van der Waals surface area contributed by atoms with Gasteiger partial charge in [0.2, 0.25) is 0 Å². The van der Waals surface area contributed by atoms with Crippen LogP contribution in [0.25, 0.3) is 21.5 Å². The topological polar surface area (TPSA) is 165 Å². The summed E-state index contributed by atoms with van der Waals surface area (Å²) in [7, 11) is 0. The van der Waals surface area contributed by atoms with Gasteiger partial charge in [-0.25, -0.2) is 9.97 Å². The van der Waals surface area contributed by atoms with Crippen molar-refractivity contribution in [2.75, 3.05) is 17.2 Å². The normalized spacial score (nSPS) is 12.1. The van der Waals surface area contributed by atoms with Crippen molar-refractivity contribution >= 4 is 44.6 Å². The van der Waals surface area contributed by atoms with Crippen molar-refractivity contribution in [2.24, 2.45) is 0 Å². The molecular formula is C34H32N6O4. The van der Waals surface area contributed by atoms with Gasteiger partial charge in [0.15, 0.2) is 0 Å². The largest absolute Gasteiger partial charge is 0.485 e. The van der Waals surface area contributed by atoms with Crippen LogP contribution in [-0.4, -0.2) is 14.9 Å². The van der Waals surface area contributed by atoms with E-state index >= 15 is 0 Å². The minimum Gasteiger partial charge on any atom is -0.485 e. The van der Waals surface area contributed by atoms with Gasteiger partial charge in [-0.1, -0.05) is 42.5 Å². The number of ether oxygens (including phenoxy) is 2. The zero-order chi connectivity index (χ0) is 31.2. The number of nitrogens with zero attached hydrogens (tertiary/aromatic N) is 3. The lowest BCUT2D eigenvalue weighted by Crippen LogP contribution is -2.05. The van der Waals surface area contributed by atoms with Gasteiger partial charge < -0.3 is 26.7 Å². The fraction of sp³-hybridized carbons (Fsp3) is 0.118.